The number of anilines is 1. The Hall–Kier alpha value is -3.45. The summed E-state index contributed by atoms with van der Waals surface area (Å²) in [4.78, 5) is 12.5. The van der Waals surface area contributed by atoms with E-state index in [9.17, 15) is 13.2 Å². The van der Waals surface area contributed by atoms with Gasteiger partial charge in [0.25, 0.3) is 5.91 Å². The summed E-state index contributed by atoms with van der Waals surface area (Å²) >= 11 is 0. The molecule has 1 N–H and O–H groups in total. The van der Waals surface area contributed by atoms with Gasteiger partial charge in [0, 0.05) is 5.56 Å². The van der Waals surface area contributed by atoms with Crippen LogP contribution in [0.2, 0.25) is 0 Å². The Morgan fingerprint density at radius 1 is 0.938 bits per heavy atom. The molecular weight excluding hydrogens is 422 g/mol. The Morgan fingerprint density at radius 3 is 2.22 bits per heavy atom. The van der Waals surface area contributed by atoms with Gasteiger partial charge >= 0.3 is 0 Å². The molecule has 0 aliphatic heterocycles. The minimum absolute atomic E-state index is 0.213. The van der Waals surface area contributed by atoms with Gasteiger partial charge in [0.2, 0.25) is 10.0 Å². The lowest BCUT2D eigenvalue weighted by molar-refractivity contribution is 0.0955. The monoisotopic (exact) mass is 449 g/mol. The minimum Gasteiger partial charge on any atom is -0.267 e. The summed E-state index contributed by atoms with van der Waals surface area (Å²) in [5, 5.41) is 4.07. The Labute approximate surface area is 189 Å². The van der Waals surface area contributed by atoms with Crippen molar-refractivity contribution in [3.05, 3.63) is 100 Å². The van der Waals surface area contributed by atoms with Crippen LogP contribution in [0, 0.1) is 20.8 Å². The summed E-state index contributed by atoms with van der Waals surface area (Å²) in [6, 6.07) is 19.8. The van der Waals surface area contributed by atoms with E-state index >= 15 is 0 Å². The van der Waals surface area contributed by atoms with Crippen LogP contribution in [-0.4, -0.2) is 26.8 Å². The largest absolute Gasteiger partial charge is 0.271 e. The number of hydrogen-bond acceptors (Lipinski definition) is 4. The Morgan fingerprint density at radius 2 is 1.59 bits per heavy atom. The summed E-state index contributed by atoms with van der Waals surface area (Å²) in [6.45, 7) is 6.34. The first-order valence-corrected chi connectivity index (χ1v) is 12.0. The van der Waals surface area contributed by atoms with Crippen molar-refractivity contribution in [3.8, 4) is 0 Å². The maximum Gasteiger partial charge on any atom is 0.271 e. The van der Waals surface area contributed by atoms with Crippen LogP contribution in [0.5, 0.6) is 0 Å². The number of nitrogens with zero attached hydrogens (tertiary/aromatic N) is 2. The second kappa shape index (κ2) is 9.78. The molecule has 0 saturated carbocycles. The van der Waals surface area contributed by atoms with E-state index in [0.29, 0.717) is 11.3 Å². The lowest BCUT2D eigenvalue weighted by Crippen LogP contribution is -2.29. The van der Waals surface area contributed by atoms with Gasteiger partial charge in [-0.15, -0.1) is 0 Å². The zero-order valence-electron chi connectivity index (χ0n) is 18.7. The molecule has 3 aromatic rings. The molecule has 0 saturated heterocycles. The molecule has 3 rings (SSSR count). The Bertz CT molecular complexity index is 1240. The maximum atomic E-state index is 12.5. The lowest BCUT2D eigenvalue weighted by atomic mass is 10.00. The van der Waals surface area contributed by atoms with E-state index in [2.05, 4.69) is 24.4 Å². The van der Waals surface area contributed by atoms with E-state index in [1.165, 1.54) is 21.7 Å². The highest BCUT2D eigenvalue weighted by Gasteiger charge is 2.18. The molecule has 0 aliphatic carbocycles. The minimum atomic E-state index is -3.50. The van der Waals surface area contributed by atoms with Crippen LogP contribution in [-0.2, 0) is 16.6 Å². The van der Waals surface area contributed by atoms with Gasteiger partial charge in [0.1, 0.15) is 0 Å². The van der Waals surface area contributed by atoms with E-state index in [0.717, 1.165) is 16.7 Å². The number of rotatable bonds is 7. The number of hydrogen-bond donors (Lipinski definition) is 1. The molecule has 32 heavy (non-hydrogen) atoms. The van der Waals surface area contributed by atoms with Gasteiger partial charge in [0.15, 0.2) is 0 Å². The summed E-state index contributed by atoms with van der Waals surface area (Å²) in [5.74, 6) is -0.372. The SMILES string of the molecule is Cc1ccc(/C=N\NC(=O)c2ccc(N(Cc3ccccc3)S(C)(=O)=O)cc2)c(C)c1C. The summed E-state index contributed by atoms with van der Waals surface area (Å²) in [5.41, 5.74) is 8.73. The number of benzene rings is 3. The molecule has 0 unspecified atom stereocenters. The topological polar surface area (TPSA) is 78.8 Å². The van der Waals surface area contributed by atoms with Crippen molar-refractivity contribution in [3.63, 3.8) is 0 Å². The van der Waals surface area contributed by atoms with Gasteiger partial charge in [0.05, 0.1) is 24.7 Å². The number of nitrogens with one attached hydrogen (secondary N) is 1. The molecule has 0 fully saturated rings. The van der Waals surface area contributed by atoms with E-state index in [-0.39, 0.29) is 12.5 Å². The third-order valence-corrected chi connectivity index (χ3v) is 6.60. The van der Waals surface area contributed by atoms with Crippen LogP contribution >= 0.6 is 0 Å². The van der Waals surface area contributed by atoms with Gasteiger partial charge in [-0.25, -0.2) is 13.8 Å². The molecular formula is C25H27N3O3S. The number of carbonyl (C=O) groups excluding carboxylic acids is 1. The average Bonchev–Trinajstić information content (AvgIpc) is 2.77. The van der Waals surface area contributed by atoms with Gasteiger partial charge in [-0.05, 0) is 72.9 Å². The van der Waals surface area contributed by atoms with E-state index in [1.807, 2.05) is 49.4 Å². The first-order valence-electron chi connectivity index (χ1n) is 10.2. The fourth-order valence-corrected chi connectivity index (χ4v) is 4.16. The Balaban J connectivity index is 1.72. The zero-order valence-corrected chi connectivity index (χ0v) is 19.5. The molecule has 6 nitrogen and oxygen atoms in total. The highest BCUT2D eigenvalue weighted by molar-refractivity contribution is 7.92. The molecule has 0 radical (unpaired) electrons. The van der Waals surface area contributed by atoms with Crippen molar-refractivity contribution >= 4 is 27.8 Å². The van der Waals surface area contributed by atoms with Crippen LogP contribution < -0.4 is 9.73 Å². The standard InChI is InChI=1S/C25H27N3O3S/c1-18-10-11-23(20(3)19(18)2)16-26-27-25(29)22-12-14-24(15-13-22)28(32(4,30)31)17-21-8-6-5-7-9-21/h5-16H,17H2,1-4H3,(H,27,29)/b26-16-. The molecule has 0 bridgehead atoms. The lowest BCUT2D eigenvalue weighted by Gasteiger charge is -2.22. The van der Waals surface area contributed by atoms with Crippen molar-refractivity contribution in [1.82, 2.24) is 5.43 Å². The summed E-state index contributed by atoms with van der Waals surface area (Å²) in [6.07, 6.45) is 2.79. The first-order chi connectivity index (χ1) is 15.2. The maximum absolute atomic E-state index is 12.5. The van der Waals surface area contributed by atoms with Crippen molar-refractivity contribution in [2.24, 2.45) is 5.10 Å². The fraction of sp³-hybridized carbons (Fsp3) is 0.200. The van der Waals surface area contributed by atoms with Crippen LogP contribution in [0.4, 0.5) is 5.69 Å². The number of sulfonamides is 1. The molecule has 166 valence electrons. The van der Waals surface area contributed by atoms with Crippen molar-refractivity contribution < 1.29 is 13.2 Å². The van der Waals surface area contributed by atoms with E-state index < -0.39 is 10.0 Å². The summed E-state index contributed by atoms with van der Waals surface area (Å²) in [7, 11) is -3.50. The molecule has 3 aromatic carbocycles. The number of aryl methyl sites for hydroxylation is 1. The second-order valence-corrected chi connectivity index (χ2v) is 9.63. The summed E-state index contributed by atoms with van der Waals surface area (Å²) < 4.78 is 26.0. The number of hydrazone groups is 1. The van der Waals surface area contributed by atoms with Crippen LogP contribution in [0.15, 0.2) is 71.8 Å². The predicted octanol–water partition coefficient (Wildman–Crippen LogP) is 4.34. The van der Waals surface area contributed by atoms with Gasteiger partial charge in [-0.3, -0.25) is 9.10 Å². The highest BCUT2D eigenvalue weighted by atomic mass is 32.2. The fourth-order valence-electron chi connectivity index (χ4n) is 3.27. The number of amides is 1. The first kappa shape index (κ1) is 23.2. The predicted molar refractivity (Wildman–Crippen MR) is 130 cm³/mol. The molecule has 0 spiro atoms. The second-order valence-electron chi connectivity index (χ2n) is 7.72. The molecule has 1 amide bonds. The van der Waals surface area contributed by atoms with Gasteiger partial charge < -0.3 is 0 Å². The molecule has 0 aliphatic rings. The molecule has 0 atom stereocenters. The molecule has 7 heteroatoms. The van der Waals surface area contributed by atoms with Gasteiger partial charge in [-0.1, -0.05) is 42.5 Å². The van der Waals surface area contributed by atoms with Gasteiger partial charge in [-0.2, -0.15) is 5.10 Å². The molecule has 0 aromatic heterocycles. The molecule has 0 heterocycles. The van der Waals surface area contributed by atoms with Crippen LogP contribution in [0.1, 0.15) is 38.2 Å². The van der Waals surface area contributed by atoms with Crippen molar-refractivity contribution in [1.29, 1.82) is 0 Å². The average molecular weight is 450 g/mol. The van der Waals surface area contributed by atoms with Crippen molar-refractivity contribution in [2.75, 3.05) is 10.6 Å². The third-order valence-electron chi connectivity index (χ3n) is 5.46. The Kier molecular flexibility index (Phi) is 7.10. The van der Waals surface area contributed by atoms with E-state index in [4.69, 9.17) is 0 Å². The number of carbonyl (C=O) groups is 1. The van der Waals surface area contributed by atoms with Crippen LogP contribution in [0.25, 0.3) is 0 Å². The zero-order chi connectivity index (χ0) is 23.3. The van der Waals surface area contributed by atoms with Crippen LogP contribution in [0.3, 0.4) is 0 Å². The normalized spacial score (nSPS) is 11.5. The highest BCUT2D eigenvalue weighted by Crippen LogP contribution is 2.21. The third kappa shape index (κ3) is 5.62. The smallest absolute Gasteiger partial charge is 0.267 e. The quantitative estimate of drug-likeness (QED) is 0.430. The van der Waals surface area contributed by atoms with Crippen molar-refractivity contribution in [2.45, 2.75) is 27.3 Å². The van der Waals surface area contributed by atoms with E-state index in [1.54, 1.807) is 30.5 Å².